The van der Waals surface area contributed by atoms with Crippen molar-refractivity contribution in [3.8, 4) is 0 Å². The molecule has 0 spiro atoms. The Balaban J connectivity index is 2.30. The monoisotopic (exact) mass is 307 g/mol. The standard InChI is InChI=1S/C17H33N5/c1-6-18-17(19-10-7-9-14(2)3)20-11-8-12-22-16(5)13-15(4)21-22/h13-14H,6-12H2,1-5H3,(H2,18,19,20). The first-order chi connectivity index (χ1) is 10.5. The van der Waals surface area contributed by atoms with Gasteiger partial charge in [-0.1, -0.05) is 13.8 Å². The zero-order chi connectivity index (χ0) is 16.4. The summed E-state index contributed by atoms with van der Waals surface area (Å²) in [6.45, 7) is 14.4. The maximum Gasteiger partial charge on any atom is 0.191 e. The van der Waals surface area contributed by atoms with Gasteiger partial charge in [0.1, 0.15) is 0 Å². The van der Waals surface area contributed by atoms with Crippen molar-refractivity contribution in [3.63, 3.8) is 0 Å². The molecule has 0 aliphatic heterocycles. The van der Waals surface area contributed by atoms with E-state index in [0.717, 1.165) is 50.2 Å². The van der Waals surface area contributed by atoms with Gasteiger partial charge in [0, 0.05) is 31.9 Å². The first-order valence-electron chi connectivity index (χ1n) is 8.56. The van der Waals surface area contributed by atoms with Gasteiger partial charge in [-0.05, 0) is 52.0 Å². The molecule has 0 saturated heterocycles. The third kappa shape index (κ3) is 7.48. The normalized spacial score (nSPS) is 12.0. The fourth-order valence-electron chi connectivity index (χ4n) is 2.37. The van der Waals surface area contributed by atoms with Gasteiger partial charge < -0.3 is 10.6 Å². The van der Waals surface area contributed by atoms with Crippen LogP contribution in [0.4, 0.5) is 0 Å². The van der Waals surface area contributed by atoms with Crippen LogP contribution in [0.3, 0.4) is 0 Å². The lowest BCUT2D eigenvalue weighted by Crippen LogP contribution is -2.38. The molecule has 0 atom stereocenters. The van der Waals surface area contributed by atoms with Crippen LogP contribution in [0, 0.1) is 19.8 Å². The second kappa shape index (κ2) is 10.2. The van der Waals surface area contributed by atoms with Crippen LogP contribution in [-0.2, 0) is 6.54 Å². The molecule has 0 aromatic carbocycles. The average Bonchev–Trinajstić information content (AvgIpc) is 2.77. The summed E-state index contributed by atoms with van der Waals surface area (Å²) in [6, 6.07) is 2.11. The van der Waals surface area contributed by atoms with Gasteiger partial charge in [-0.15, -0.1) is 0 Å². The highest BCUT2D eigenvalue weighted by atomic mass is 15.3. The summed E-state index contributed by atoms with van der Waals surface area (Å²) in [7, 11) is 0. The first kappa shape index (κ1) is 18.5. The molecular weight excluding hydrogens is 274 g/mol. The summed E-state index contributed by atoms with van der Waals surface area (Å²) in [4.78, 5) is 4.63. The fraction of sp³-hybridized carbons (Fsp3) is 0.765. The Bertz CT molecular complexity index is 448. The Morgan fingerprint density at radius 2 is 2.05 bits per heavy atom. The van der Waals surface area contributed by atoms with E-state index in [1.54, 1.807) is 0 Å². The minimum absolute atomic E-state index is 0.766. The Labute approximate surface area is 135 Å². The third-order valence-electron chi connectivity index (χ3n) is 3.50. The lowest BCUT2D eigenvalue weighted by Gasteiger charge is -2.12. The number of aromatic nitrogens is 2. The first-order valence-corrected chi connectivity index (χ1v) is 8.56. The highest BCUT2D eigenvalue weighted by Crippen LogP contribution is 2.03. The molecule has 0 bridgehead atoms. The largest absolute Gasteiger partial charge is 0.357 e. The van der Waals surface area contributed by atoms with Gasteiger partial charge in [-0.2, -0.15) is 5.10 Å². The second-order valence-electron chi connectivity index (χ2n) is 6.23. The molecule has 0 aliphatic carbocycles. The molecule has 22 heavy (non-hydrogen) atoms. The molecule has 0 radical (unpaired) electrons. The van der Waals surface area contributed by atoms with Crippen molar-refractivity contribution in [3.05, 3.63) is 17.5 Å². The lowest BCUT2D eigenvalue weighted by molar-refractivity contribution is 0.548. The molecule has 1 rings (SSSR count). The molecule has 1 heterocycles. The smallest absolute Gasteiger partial charge is 0.191 e. The van der Waals surface area contributed by atoms with Crippen molar-refractivity contribution in [1.29, 1.82) is 0 Å². The predicted octanol–water partition coefficient (Wildman–Crippen LogP) is 2.88. The minimum Gasteiger partial charge on any atom is -0.357 e. The maximum atomic E-state index is 4.63. The molecule has 1 aromatic heterocycles. The summed E-state index contributed by atoms with van der Waals surface area (Å²) in [5.41, 5.74) is 2.31. The van der Waals surface area contributed by atoms with E-state index < -0.39 is 0 Å². The summed E-state index contributed by atoms with van der Waals surface area (Å²) < 4.78 is 2.06. The molecule has 0 fully saturated rings. The SMILES string of the molecule is CCNC(=NCCCn1nc(C)cc1C)NCCCC(C)C. The van der Waals surface area contributed by atoms with Crippen molar-refractivity contribution in [2.75, 3.05) is 19.6 Å². The number of nitrogens with zero attached hydrogens (tertiary/aromatic N) is 3. The number of nitrogens with one attached hydrogen (secondary N) is 2. The van der Waals surface area contributed by atoms with Crippen LogP contribution >= 0.6 is 0 Å². The van der Waals surface area contributed by atoms with E-state index in [1.165, 1.54) is 18.5 Å². The Morgan fingerprint density at radius 1 is 1.27 bits per heavy atom. The molecule has 126 valence electrons. The van der Waals surface area contributed by atoms with Gasteiger partial charge in [0.2, 0.25) is 0 Å². The molecule has 0 aliphatic rings. The van der Waals surface area contributed by atoms with Crippen molar-refractivity contribution < 1.29 is 0 Å². The molecule has 5 heteroatoms. The number of hydrogen-bond donors (Lipinski definition) is 2. The number of aliphatic imine (C=N–C) groups is 1. The fourth-order valence-corrected chi connectivity index (χ4v) is 2.37. The number of aryl methyl sites for hydroxylation is 3. The average molecular weight is 307 g/mol. The lowest BCUT2D eigenvalue weighted by atomic mass is 10.1. The van der Waals surface area contributed by atoms with Gasteiger partial charge >= 0.3 is 0 Å². The van der Waals surface area contributed by atoms with Gasteiger partial charge in [0.25, 0.3) is 0 Å². The van der Waals surface area contributed by atoms with Crippen molar-refractivity contribution in [1.82, 2.24) is 20.4 Å². The van der Waals surface area contributed by atoms with Gasteiger partial charge in [0.05, 0.1) is 5.69 Å². The van der Waals surface area contributed by atoms with E-state index in [0.29, 0.717) is 0 Å². The summed E-state index contributed by atoms with van der Waals surface area (Å²) in [6.07, 6.45) is 3.45. The molecule has 1 aromatic rings. The highest BCUT2D eigenvalue weighted by molar-refractivity contribution is 5.79. The van der Waals surface area contributed by atoms with E-state index in [1.807, 2.05) is 6.92 Å². The molecule has 0 saturated carbocycles. The minimum atomic E-state index is 0.766. The van der Waals surface area contributed by atoms with Crippen molar-refractivity contribution in [2.45, 2.75) is 60.4 Å². The maximum absolute atomic E-state index is 4.63. The van der Waals surface area contributed by atoms with E-state index in [4.69, 9.17) is 0 Å². The van der Waals surface area contributed by atoms with Gasteiger partial charge in [-0.3, -0.25) is 9.67 Å². The Kier molecular flexibility index (Phi) is 8.63. The van der Waals surface area contributed by atoms with Crippen LogP contribution in [0.25, 0.3) is 0 Å². The quantitative estimate of drug-likeness (QED) is 0.419. The van der Waals surface area contributed by atoms with E-state index in [2.05, 4.69) is 59.2 Å². The predicted molar refractivity (Wildman–Crippen MR) is 94.4 cm³/mol. The summed E-state index contributed by atoms with van der Waals surface area (Å²) in [5.74, 6) is 1.70. The second-order valence-corrected chi connectivity index (χ2v) is 6.23. The van der Waals surface area contributed by atoms with E-state index in [9.17, 15) is 0 Å². The molecule has 0 unspecified atom stereocenters. The van der Waals surface area contributed by atoms with Crippen LogP contribution in [0.5, 0.6) is 0 Å². The summed E-state index contributed by atoms with van der Waals surface area (Å²) in [5, 5.41) is 11.2. The Hall–Kier alpha value is -1.52. The van der Waals surface area contributed by atoms with Crippen LogP contribution in [-0.4, -0.2) is 35.4 Å². The van der Waals surface area contributed by atoms with Crippen LogP contribution < -0.4 is 10.6 Å². The van der Waals surface area contributed by atoms with Crippen LogP contribution in [0.2, 0.25) is 0 Å². The zero-order valence-electron chi connectivity index (χ0n) is 14.9. The topological polar surface area (TPSA) is 54.2 Å². The highest BCUT2D eigenvalue weighted by Gasteiger charge is 2.01. The van der Waals surface area contributed by atoms with E-state index in [-0.39, 0.29) is 0 Å². The summed E-state index contributed by atoms with van der Waals surface area (Å²) >= 11 is 0. The zero-order valence-corrected chi connectivity index (χ0v) is 14.9. The van der Waals surface area contributed by atoms with Crippen LogP contribution in [0.15, 0.2) is 11.1 Å². The number of guanidine groups is 1. The van der Waals surface area contributed by atoms with Gasteiger partial charge in [0.15, 0.2) is 5.96 Å². The molecule has 0 amide bonds. The third-order valence-corrected chi connectivity index (χ3v) is 3.50. The molecular formula is C17H33N5. The molecule has 5 nitrogen and oxygen atoms in total. The number of rotatable bonds is 9. The van der Waals surface area contributed by atoms with E-state index >= 15 is 0 Å². The Morgan fingerprint density at radius 3 is 2.64 bits per heavy atom. The van der Waals surface area contributed by atoms with Crippen molar-refractivity contribution >= 4 is 5.96 Å². The van der Waals surface area contributed by atoms with Gasteiger partial charge in [-0.25, -0.2) is 0 Å². The van der Waals surface area contributed by atoms with Crippen LogP contribution in [0.1, 0.15) is 51.4 Å². The molecule has 2 N–H and O–H groups in total. The number of hydrogen-bond acceptors (Lipinski definition) is 2. The van der Waals surface area contributed by atoms with Crippen molar-refractivity contribution in [2.24, 2.45) is 10.9 Å².